The second-order valence-corrected chi connectivity index (χ2v) is 5.47. The van der Waals surface area contributed by atoms with Crippen molar-refractivity contribution in [2.24, 2.45) is 0 Å². The van der Waals surface area contributed by atoms with Crippen molar-refractivity contribution in [2.45, 2.75) is 0 Å². The minimum atomic E-state index is 0.208. The lowest BCUT2D eigenvalue weighted by Gasteiger charge is -2.09. The molecule has 0 radical (unpaired) electrons. The maximum atomic E-state index is 5.97. The van der Waals surface area contributed by atoms with Crippen molar-refractivity contribution in [2.75, 3.05) is 0 Å². The third-order valence-corrected chi connectivity index (χ3v) is 3.34. The predicted octanol–water partition coefficient (Wildman–Crippen LogP) is 6.19. The zero-order valence-electron chi connectivity index (χ0n) is 9.13. The Labute approximate surface area is 126 Å². The Balaban J connectivity index is 2.51. The van der Waals surface area contributed by atoms with E-state index in [4.69, 9.17) is 46.4 Å². The average Bonchev–Trinajstić information content (AvgIpc) is 2.34. The Morgan fingerprint density at radius 2 is 0.944 bits per heavy atom. The van der Waals surface area contributed by atoms with Gasteiger partial charge >= 0.3 is 0 Å². The monoisotopic (exact) mass is 340 g/mol. The van der Waals surface area contributed by atoms with Gasteiger partial charge in [0, 0.05) is 15.6 Å². The molecule has 0 nitrogen and oxygen atoms in total. The van der Waals surface area contributed by atoms with E-state index in [-0.39, 0.29) is 4.49 Å². The summed E-state index contributed by atoms with van der Waals surface area (Å²) in [6.07, 6.45) is 0. The zero-order valence-corrected chi connectivity index (χ0v) is 12.2. The van der Waals surface area contributed by atoms with Gasteiger partial charge in [-0.1, -0.05) is 70.7 Å². The number of benzene rings is 2. The maximum Gasteiger partial charge on any atom is 0.115 e. The van der Waals surface area contributed by atoms with E-state index in [0.717, 1.165) is 16.7 Å². The summed E-state index contributed by atoms with van der Waals surface area (Å²) in [5.74, 6) is 0. The molecule has 0 aliphatic carbocycles. The Bertz CT molecular complexity index is 516. The van der Waals surface area contributed by atoms with Gasteiger partial charge in [0.1, 0.15) is 4.49 Å². The minimum Gasteiger partial charge on any atom is -0.0843 e. The number of rotatable bonds is 2. The van der Waals surface area contributed by atoms with Gasteiger partial charge in [-0.05, 0) is 35.4 Å². The SMILES string of the molecule is ClC(Cl)=C([14c]1[14cH][14cH][14c](Cl)[14cH][14cH]1)[14c]1[14cH][14cH][14c](Cl)[14cH][14cH]1. The largest absolute Gasteiger partial charge is 0.115 e. The number of hydrogen-bond acceptors (Lipinski definition) is 0. The molecule has 0 N–H and O–H groups in total. The molecule has 2 aromatic carbocycles. The second-order valence-electron chi connectivity index (χ2n) is 3.65. The highest BCUT2D eigenvalue weighted by atomic mass is 35.5. The molecular formula is C14H8Cl4. The predicted molar refractivity (Wildman–Crippen MR) is 80.6 cm³/mol. The third-order valence-electron chi connectivity index (χ3n) is 2.45. The first-order chi connectivity index (χ1) is 8.58. The Morgan fingerprint density at radius 3 is 1.22 bits per heavy atom. The van der Waals surface area contributed by atoms with Crippen molar-refractivity contribution in [1.82, 2.24) is 0 Å². The van der Waals surface area contributed by atoms with E-state index in [1.807, 2.05) is 24.3 Å². The van der Waals surface area contributed by atoms with Gasteiger partial charge in [0.25, 0.3) is 0 Å². The molecule has 0 aliphatic rings. The molecule has 0 bridgehead atoms. The first-order valence-corrected chi connectivity index (χ1v) is 6.66. The summed E-state index contributed by atoms with van der Waals surface area (Å²) in [7, 11) is 0. The van der Waals surface area contributed by atoms with Crippen LogP contribution in [-0.2, 0) is 0 Å². The van der Waals surface area contributed by atoms with E-state index in [9.17, 15) is 0 Å². The summed E-state index contributed by atoms with van der Waals surface area (Å²) in [6.45, 7) is 0. The normalized spacial score (nSPS) is 10.2. The molecule has 0 spiro atoms. The van der Waals surface area contributed by atoms with E-state index in [0.29, 0.717) is 10.0 Å². The van der Waals surface area contributed by atoms with Crippen LogP contribution < -0.4 is 0 Å². The van der Waals surface area contributed by atoms with Crippen LogP contribution in [0.5, 0.6) is 0 Å². The molecule has 92 valence electrons. The summed E-state index contributed by atoms with van der Waals surface area (Å²) in [5.41, 5.74) is 2.56. The molecule has 2 rings (SSSR count). The molecule has 0 aliphatic heterocycles. The molecule has 0 unspecified atom stereocenters. The van der Waals surface area contributed by atoms with E-state index in [1.54, 1.807) is 24.3 Å². The number of hydrogen-bond donors (Lipinski definition) is 0. The van der Waals surface area contributed by atoms with Gasteiger partial charge < -0.3 is 0 Å². The topological polar surface area (TPSA) is 0 Å². The van der Waals surface area contributed by atoms with E-state index in [1.165, 1.54) is 0 Å². The summed E-state index contributed by atoms with van der Waals surface area (Å²) in [6, 6.07) is 14.7. The summed E-state index contributed by atoms with van der Waals surface area (Å²) < 4.78 is 0.208. The smallest absolute Gasteiger partial charge is 0.0843 e. The van der Waals surface area contributed by atoms with Gasteiger partial charge in [0.2, 0.25) is 0 Å². The Kier molecular flexibility index (Phi) is 4.58. The van der Waals surface area contributed by atoms with Gasteiger partial charge in [0.05, 0.1) is 0 Å². The molecule has 0 saturated carbocycles. The first kappa shape index (κ1) is 13.8. The van der Waals surface area contributed by atoms with Crippen molar-refractivity contribution in [1.29, 1.82) is 0 Å². The zero-order chi connectivity index (χ0) is 13.1. The number of halogens is 4. The van der Waals surface area contributed by atoms with Crippen LogP contribution in [0.25, 0.3) is 5.57 Å². The first-order valence-electron chi connectivity index (χ1n) is 5.15. The second kappa shape index (κ2) is 5.99. The van der Waals surface area contributed by atoms with Gasteiger partial charge in [-0.25, -0.2) is 0 Å². The lowest BCUT2D eigenvalue weighted by atomic mass is 10.8. The fourth-order valence-electron chi connectivity index (χ4n) is 1.62. The van der Waals surface area contributed by atoms with E-state index >= 15 is 0 Å². The van der Waals surface area contributed by atoms with Gasteiger partial charge in [-0.15, -0.1) is 0 Å². The van der Waals surface area contributed by atoms with Crippen molar-refractivity contribution >= 4 is 52.0 Å². The van der Waals surface area contributed by atoms with Crippen LogP contribution in [0, 0.1) is 0 Å². The highest BCUT2D eigenvalue weighted by molar-refractivity contribution is 6.59. The third kappa shape index (κ3) is 3.21. The van der Waals surface area contributed by atoms with Crippen LogP contribution >= 0.6 is 46.4 Å². The van der Waals surface area contributed by atoms with Crippen LogP contribution in [0.3, 0.4) is 0 Å². The standard InChI is InChI=1S/C14H8Cl4/c15-11-5-1-9(2-6-11)13(14(17)18)10-3-7-12(16)8-4-10/h1-8H/i1+2,2+2,3+2,4+2,5+2,6+2,7+2,8+2,9+2,10+2,11+2,12+2. The van der Waals surface area contributed by atoms with E-state index in [2.05, 4.69) is 0 Å². The lowest BCUT2D eigenvalue weighted by Crippen LogP contribution is -1.88. The Morgan fingerprint density at radius 1 is 0.611 bits per heavy atom. The van der Waals surface area contributed by atoms with Gasteiger partial charge in [0.15, 0.2) is 0 Å². The van der Waals surface area contributed by atoms with Crippen molar-refractivity contribution in [3.63, 3.8) is 0 Å². The fraction of sp³-hybridized carbons (Fsp3) is 0. The average molecular weight is 342 g/mol. The minimum absolute atomic E-state index is 0.208. The van der Waals surface area contributed by atoms with Crippen molar-refractivity contribution < 1.29 is 0 Å². The van der Waals surface area contributed by atoms with Crippen molar-refractivity contribution in [3.8, 4) is 0 Å². The summed E-state index contributed by atoms with van der Waals surface area (Å²) >= 11 is 23.7. The van der Waals surface area contributed by atoms with Crippen molar-refractivity contribution in [3.05, 3.63) is 74.2 Å². The highest BCUT2D eigenvalue weighted by Gasteiger charge is 2.09. The van der Waals surface area contributed by atoms with Crippen LogP contribution in [-0.4, -0.2) is 0 Å². The molecule has 0 heterocycles. The molecule has 2 aromatic rings. The summed E-state index contributed by atoms with van der Waals surface area (Å²) in [4.78, 5) is 0. The highest BCUT2D eigenvalue weighted by Crippen LogP contribution is 2.32. The summed E-state index contributed by atoms with van der Waals surface area (Å²) in [5, 5.41) is 1.33. The quantitative estimate of drug-likeness (QED) is 0.611. The van der Waals surface area contributed by atoms with Crippen LogP contribution in [0.1, 0.15) is 11.1 Å². The lowest BCUT2D eigenvalue weighted by molar-refractivity contribution is 1.55. The van der Waals surface area contributed by atoms with Crippen LogP contribution in [0.15, 0.2) is 53.0 Å². The fourth-order valence-corrected chi connectivity index (χ4v) is 2.31. The van der Waals surface area contributed by atoms with Crippen LogP contribution in [0.2, 0.25) is 10.0 Å². The molecule has 0 amide bonds. The Hall–Kier alpha value is -0.660. The molecule has 4 heteroatoms. The molecule has 18 heavy (non-hydrogen) atoms. The van der Waals surface area contributed by atoms with Gasteiger partial charge in [-0.3, -0.25) is 0 Å². The van der Waals surface area contributed by atoms with Crippen LogP contribution in [0.4, 0.5) is 0 Å². The molecule has 0 atom stereocenters. The molecule has 0 aromatic heterocycles. The van der Waals surface area contributed by atoms with Gasteiger partial charge in [-0.2, -0.15) is 0 Å². The molecule has 0 saturated heterocycles. The molecular weight excluding hydrogens is 334 g/mol. The van der Waals surface area contributed by atoms with E-state index < -0.39 is 0 Å². The molecule has 0 fully saturated rings. The maximum absolute atomic E-state index is 5.97.